The summed E-state index contributed by atoms with van der Waals surface area (Å²) >= 11 is 0. The van der Waals surface area contributed by atoms with Crippen LogP contribution >= 0.6 is 0 Å². The Morgan fingerprint density at radius 3 is 2.50 bits per heavy atom. The lowest BCUT2D eigenvalue weighted by molar-refractivity contribution is -0.137. The van der Waals surface area contributed by atoms with Crippen LogP contribution in [0.1, 0.15) is 30.2 Å². The van der Waals surface area contributed by atoms with E-state index in [1.165, 1.54) is 4.57 Å². The highest BCUT2D eigenvalue weighted by atomic mass is 16.4. The van der Waals surface area contributed by atoms with Crippen molar-refractivity contribution < 1.29 is 9.90 Å². The third-order valence-corrected chi connectivity index (χ3v) is 3.01. The summed E-state index contributed by atoms with van der Waals surface area (Å²) in [5, 5.41) is 8.91. The van der Waals surface area contributed by atoms with E-state index in [9.17, 15) is 9.59 Å². The fraction of sp³-hybridized carbons (Fsp3) is 0.429. The molecule has 0 fully saturated rings. The monoisotopic (exact) mass is 249 g/mol. The SMILES string of the molecule is C=C(CC)Cc1c(C)cc(C)c(=O)n1CC(=O)O. The first-order chi connectivity index (χ1) is 8.36. The third-order valence-electron chi connectivity index (χ3n) is 3.01. The zero-order valence-electron chi connectivity index (χ0n) is 11.1. The topological polar surface area (TPSA) is 59.3 Å². The average Bonchev–Trinajstić information content (AvgIpc) is 2.29. The molecule has 1 N–H and O–H groups in total. The molecule has 98 valence electrons. The smallest absolute Gasteiger partial charge is 0.323 e. The molecular formula is C14H19NO3. The van der Waals surface area contributed by atoms with E-state index in [1.807, 2.05) is 13.8 Å². The van der Waals surface area contributed by atoms with Crippen LogP contribution in [-0.4, -0.2) is 15.6 Å². The number of carboxylic acid groups (broad SMARTS) is 1. The van der Waals surface area contributed by atoms with Gasteiger partial charge in [0, 0.05) is 17.7 Å². The molecule has 18 heavy (non-hydrogen) atoms. The fourth-order valence-electron chi connectivity index (χ4n) is 1.92. The first-order valence-electron chi connectivity index (χ1n) is 5.95. The lowest BCUT2D eigenvalue weighted by Crippen LogP contribution is -2.29. The molecule has 0 amide bonds. The molecule has 1 aromatic rings. The highest BCUT2D eigenvalue weighted by molar-refractivity contribution is 5.66. The van der Waals surface area contributed by atoms with Gasteiger partial charge in [-0.1, -0.05) is 19.1 Å². The van der Waals surface area contributed by atoms with Gasteiger partial charge in [0.25, 0.3) is 5.56 Å². The largest absolute Gasteiger partial charge is 0.480 e. The third kappa shape index (κ3) is 3.09. The number of rotatable bonds is 5. The molecule has 4 heteroatoms. The van der Waals surface area contributed by atoms with Crippen molar-refractivity contribution >= 4 is 5.97 Å². The van der Waals surface area contributed by atoms with Crippen LogP contribution in [0.15, 0.2) is 23.0 Å². The summed E-state index contributed by atoms with van der Waals surface area (Å²) in [6.07, 6.45) is 1.36. The number of carbonyl (C=O) groups is 1. The minimum atomic E-state index is -1.01. The summed E-state index contributed by atoms with van der Waals surface area (Å²) in [4.78, 5) is 22.9. The van der Waals surface area contributed by atoms with Crippen LogP contribution in [-0.2, 0) is 17.8 Å². The molecule has 1 rings (SSSR count). The molecular weight excluding hydrogens is 230 g/mol. The van der Waals surface area contributed by atoms with Gasteiger partial charge in [-0.25, -0.2) is 0 Å². The molecule has 0 aliphatic rings. The van der Waals surface area contributed by atoms with Gasteiger partial charge in [-0.3, -0.25) is 9.59 Å². The van der Waals surface area contributed by atoms with E-state index in [0.29, 0.717) is 12.0 Å². The maximum atomic E-state index is 12.0. The Hall–Kier alpha value is -1.84. The van der Waals surface area contributed by atoms with Crippen LogP contribution in [0.25, 0.3) is 0 Å². The molecule has 0 bridgehead atoms. The number of aliphatic carboxylic acids is 1. The summed E-state index contributed by atoms with van der Waals surface area (Å²) in [6.45, 7) is 9.21. The molecule has 0 saturated carbocycles. The van der Waals surface area contributed by atoms with Crippen LogP contribution < -0.4 is 5.56 Å². The quantitative estimate of drug-likeness (QED) is 0.812. The average molecular weight is 249 g/mol. The predicted octanol–water partition coefficient (Wildman–Crippen LogP) is 2.06. The van der Waals surface area contributed by atoms with Gasteiger partial charge in [0.15, 0.2) is 0 Å². The summed E-state index contributed by atoms with van der Waals surface area (Å²) in [6, 6.07) is 1.80. The van der Waals surface area contributed by atoms with E-state index in [4.69, 9.17) is 5.11 Å². The zero-order valence-corrected chi connectivity index (χ0v) is 11.1. The lowest BCUT2D eigenvalue weighted by atomic mass is 10.0. The second-order valence-electron chi connectivity index (χ2n) is 4.52. The van der Waals surface area contributed by atoms with Gasteiger partial charge in [-0.2, -0.15) is 0 Å². The van der Waals surface area contributed by atoms with Crippen molar-refractivity contribution in [1.82, 2.24) is 4.57 Å². The van der Waals surface area contributed by atoms with E-state index in [0.717, 1.165) is 23.3 Å². The maximum Gasteiger partial charge on any atom is 0.323 e. The second-order valence-corrected chi connectivity index (χ2v) is 4.52. The highest BCUT2D eigenvalue weighted by Gasteiger charge is 2.13. The van der Waals surface area contributed by atoms with Gasteiger partial charge in [0.05, 0.1) is 0 Å². The van der Waals surface area contributed by atoms with Crippen molar-refractivity contribution in [3.63, 3.8) is 0 Å². The second kappa shape index (κ2) is 5.67. The molecule has 1 heterocycles. The van der Waals surface area contributed by atoms with Crippen molar-refractivity contribution in [1.29, 1.82) is 0 Å². The summed E-state index contributed by atoms with van der Waals surface area (Å²) in [7, 11) is 0. The molecule has 0 aliphatic heterocycles. The number of allylic oxidation sites excluding steroid dienone is 1. The van der Waals surface area contributed by atoms with Crippen LogP contribution in [0.3, 0.4) is 0 Å². The number of nitrogens with zero attached hydrogens (tertiary/aromatic N) is 1. The first-order valence-corrected chi connectivity index (χ1v) is 5.95. The van der Waals surface area contributed by atoms with Gasteiger partial charge in [-0.15, -0.1) is 0 Å². The van der Waals surface area contributed by atoms with Crippen molar-refractivity contribution in [2.24, 2.45) is 0 Å². The molecule has 0 radical (unpaired) electrons. The van der Waals surface area contributed by atoms with E-state index in [2.05, 4.69) is 6.58 Å². The van der Waals surface area contributed by atoms with Gasteiger partial charge in [0.1, 0.15) is 6.54 Å². The number of hydrogen-bond acceptors (Lipinski definition) is 2. The summed E-state index contributed by atoms with van der Waals surface area (Å²) in [5.74, 6) is -1.01. The Labute approximate surface area is 107 Å². The van der Waals surface area contributed by atoms with Crippen molar-refractivity contribution in [2.75, 3.05) is 0 Å². The van der Waals surface area contributed by atoms with Crippen molar-refractivity contribution in [3.05, 3.63) is 45.4 Å². The normalized spacial score (nSPS) is 10.4. The Kier molecular flexibility index (Phi) is 4.48. The zero-order chi connectivity index (χ0) is 13.9. The van der Waals surface area contributed by atoms with Gasteiger partial charge in [-0.05, 0) is 31.9 Å². The van der Waals surface area contributed by atoms with Crippen LogP contribution in [0.4, 0.5) is 0 Å². The molecule has 0 unspecified atom stereocenters. The lowest BCUT2D eigenvalue weighted by Gasteiger charge is -2.15. The predicted molar refractivity (Wildman–Crippen MR) is 70.9 cm³/mol. The standard InChI is InChI=1S/C14H19NO3/c1-5-9(2)6-12-10(3)7-11(4)14(18)15(12)8-13(16)17/h7H,2,5-6,8H2,1,3-4H3,(H,16,17). The Balaban J connectivity index is 3.37. The number of carboxylic acids is 1. The van der Waals surface area contributed by atoms with Gasteiger partial charge < -0.3 is 9.67 Å². The molecule has 4 nitrogen and oxygen atoms in total. The fourth-order valence-corrected chi connectivity index (χ4v) is 1.92. The van der Waals surface area contributed by atoms with Crippen LogP contribution in [0.2, 0.25) is 0 Å². The number of aromatic nitrogens is 1. The Morgan fingerprint density at radius 1 is 1.39 bits per heavy atom. The number of hydrogen-bond donors (Lipinski definition) is 1. The molecule has 0 atom stereocenters. The van der Waals surface area contributed by atoms with Crippen LogP contribution in [0, 0.1) is 13.8 Å². The summed E-state index contributed by atoms with van der Waals surface area (Å²) < 4.78 is 1.34. The Morgan fingerprint density at radius 2 is 2.00 bits per heavy atom. The molecule has 0 spiro atoms. The molecule has 0 aromatic carbocycles. The van der Waals surface area contributed by atoms with E-state index >= 15 is 0 Å². The van der Waals surface area contributed by atoms with E-state index in [-0.39, 0.29) is 12.1 Å². The number of aryl methyl sites for hydroxylation is 2. The van der Waals surface area contributed by atoms with E-state index in [1.54, 1.807) is 13.0 Å². The number of pyridine rings is 1. The van der Waals surface area contributed by atoms with Crippen molar-refractivity contribution in [2.45, 2.75) is 40.2 Å². The Bertz CT molecular complexity index is 541. The first kappa shape index (κ1) is 14.2. The molecule has 0 aliphatic carbocycles. The summed E-state index contributed by atoms with van der Waals surface area (Å²) in [5.41, 5.74) is 3.00. The molecule has 0 saturated heterocycles. The minimum Gasteiger partial charge on any atom is -0.480 e. The highest BCUT2D eigenvalue weighted by Crippen LogP contribution is 2.14. The van der Waals surface area contributed by atoms with Crippen LogP contribution in [0.5, 0.6) is 0 Å². The van der Waals surface area contributed by atoms with Gasteiger partial charge in [0.2, 0.25) is 0 Å². The maximum absolute atomic E-state index is 12.0. The minimum absolute atomic E-state index is 0.234. The van der Waals surface area contributed by atoms with Gasteiger partial charge >= 0.3 is 5.97 Å². The molecule has 1 aromatic heterocycles. The van der Waals surface area contributed by atoms with Crippen molar-refractivity contribution in [3.8, 4) is 0 Å². The van der Waals surface area contributed by atoms with E-state index < -0.39 is 5.97 Å².